The van der Waals surface area contributed by atoms with Crippen LogP contribution in [0.25, 0.3) is 0 Å². The van der Waals surface area contributed by atoms with Gasteiger partial charge in [0.15, 0.2) is 0 Å². The quantitative estimate of drug-likeness (QED) is 0.796. The first-order valence-electron chi connectivity index (χ1n) is 7.35. The molecule has 3 fully saturated rings. The monoisotopic (exact) mass is 291 g/mol. The number of benzene rings is 1. The molecular formula is C16H18ClNO2. The normalized spacial score (nSPS) is 30.4. The number of amides is 1. The Labute approximate surface area is 123 Å². The zero-order valence-corrected chi connectivity index (χ0v) is 12.1. The minimum Gasteiger partial charge on any atom is -0.379 e. The highest BCUT2D eigenvalue weighted by Gasteiger charge is 2.58. The second-order valence-corrected chi connectivity index (χ2v) is 6.75. The minimum atomic E-state index is 0.0693. The van der Waals surface area contributed by atoms with Crippen molar-refractivity contribution in [3.63, 3.8) is 0 Å². The van der Waals surface area contributed by atoms with Crippen LogP contribution in [0.2, 0.25) is 5.02 Å². The van der Waals surface area contributed by atoms with Gasteiger partial charge in [0.2, 0.25) is 0 Å². The Balaban J connectivity index is 1.66. The van der Waals surface area contributed by atoms with Gasteiger partial charge in [-0.2, -0.15) is 0 Å². The lowest BCUT2D eigenvalue weighted by Crippen LogP contribution is -2.39. The number of halogens is 1. The third-order valence-corrected chi connectivity index (χ3v) is 5.77. The summed E-state index contributed by atoms with van der Waals surface area (Å²) in [5.74, 6) is 0.600. The molecule has 2 aliphatic heterocycles. The van der Waals surface area contributed by atoms with Crippen molar-refractivity contribution in [2.24, 2.45) is 11.3 Å². The largest absolute Gasteiger partial charge is 0.379 e. The fraction of sp³-hybridized carbons (Fsp3) is 0.562. The molecule has 1 aromatic rings. The Kier molecular flexibility index (Phi) is 2.83. The molecule has 1 aliphatic carbocycles. The molecule has 1 spiro atoms. The molecule has 1 saturated carbocycles. The summed E-state index contributed by atoms with van der Waals surface area (Å²) in [6.07, 6.45) is 3.77. The van der Waals surface area contributed by atoms with E-state index in [1.807, 2.05) is 23.1 Å². The van der Waals surface area contributed by atoms with Gasteiger partial charge in [-0.15, -0.1) is 0 Å². The van der Waals surface area contributed by atoms with Crippen LogP contribution in [0.3, 0.4) is 0 Å². The molecule has 4 heteroatoms. The first kappa shape index (κ1) is 12.7. The van der Waals surface area contributed by atoms with E-state index in [1.54, 1.807) is 6.07 Å². The fourth-order valence-corrected chi connectivity index (χ4v) is 4.40. The molecule has 1 amide bonds. The van der Waals surface area contributed by atoms with E-state index in [0.717, 1.165) is 13.2 Å². The Bertz CT molecular complexity index is 555. The summed E-state index contributed by atoms with van der Waals surface area (Å²) in [5, 5.41) is 0.544. The van der Waals surface area contributed by atoms with Gasteiger partial charge in [0, 0.05) is 12.5 Å². The van der Waals surface area contributed by atoms with Gasteiger partial charge in [0.05, 0.1) is 29.8 Å². The Hall–Kier alpha value is -1.06. The zero-order valence-electron chi connectivity index (χ0n) is 11.3. The van der Waals surface area contributed by atoms with Gasteiger partial charge >= 0.3 is 0 Å². The van der Waals surface area contributed by atoms with E-state index in [4.69, 9.17) is 16.3 Å². The molecule has 2 atom stereocenters. The van der Waals surface area contributed by atoms with Crippen LogP contribution in [-0.4, -0.2) is 36.6 Å². The van der Waals surface area contributed by atoms with Crippen LogP contribution < -0.4 is 0 Å². The lowest BCUT2D eigenvalue weighted by atomic mass is 9.62. The van der Waals surface area contributed by atoms with Crippen molar-refractivity contribution < 1.29 is 9.53 Å². The molecule has 4 rings (SSSR count). The number of carbonyl (C=O) groups is 1. The van der Waals surface area contributed by atoms with Gasteiger partial charge in [-0.3, -0.25) is 4.79 Å². The van der Waals surface area contributed by atoms with Crippen molar-refractivity contribution >= 4 is 17.5 Å². The van der Waals surface area contributed by atoms with Gasteiger partial charge < -0.3 is 9.64 Å². The molecule has 0 N–H and O–H groups in total. The van der Waals surface area contributed by atoms with Crippen LogP contribution in [0.15, 0.2) is 24.3 Å². The van der Waals surface area contributed by atoms with Crippen LogP contribution in [0.5, 0.6) is 0 Å². The molecule has 20 heavy (non-hydrogen) atoms. The second-order valence-electron chi connectivity index (χ2n) is 6.34. The van der Waals surface area contributed by atoms with E-state index >= 15 is 0 Å². The molecule has 2 heterocycles. The highest BCUT2D eigenvalue weighted by atomic mass is 35.5. The molecule has 2 saturated heterocycles. The summed E-state index contributed by atoms with van der Waals surface area (Å²) < 4.78 is 5.66. The summed E-state index contributed by atoms with van der Waals surface area (Å²) in [7, 11) is 0. The number of hydrogen-bond acceptors (Lipinski definition) is 2. The topological polar surface area (TPSA) is 29.5 Å². The number of likely N-dealkylation sites (tertiary alicyclic amines) is 1. The van der Waals surface area contributed by atoms with E-state index in [2.05, 4.69) is 0 Å². The van der Waals surface area contributed by atoms with Crippen molar-refractivity contribution in [2.45, 2.75) is 25.3 Å². The van der Waals surface area contributed by atoms with E-state index in [1.165, 1.54) is 19.3 Å². The predicted molar refractivity (Wildman–Crippen MR) is 76.9 cm³/mol. The van der Waals surface area contributed by atoms with E-state index < -0.39 is 0 Å². The first-order chi connectivity index (χ1) is 9.71. The summed E-state index contributed by atoms with van der Waals surface area (Å²) >= 11 is 6.18. The van der Waals surface area contributed by atoms with Crippen LogP contribution in [0.4, 0.5) is 0 Å². The van der Waals surface area contributed by atoms with Crippen molar-refractivity contribution in [1.29, 1.82) is 0 Å². The molecule has 1 aromatic carbocycles. The molecule has 0 radical (unpaired) electrons. The average molecular weight is 292 g/mol. The number of nitrogens with zero attached hydrogens (tertiary/aromatic N) is 1. The van der Waals surface area contributed by atoms with Gasteiger partial charge in [-0.25, -0.2) is 0 Å². The van der Waals surface area contributed by atoms with Crippen molar-refractivity contribution in [3.05, 3.63) is 34.9 Å². The predicted octanol–water partition coefficient (Wildman–Crippen LogP) is 2.98. The Morgan fingerprint density at radius 2 is 2.10 bits per heavy atom. The van der Waals surface area contributed by atoms with Crippen LogP contribution in [0.1, 0.15) is 29.6 Å². The van der Waals surface area contributed by atoms with Crippen molar-refractivity contribution in [1.82, 2.24) is 4.90 Å². The Morgan fingerprint density at radius 3 is 2.80 bits per heavy atom. The number of fused-ring (bicyclic) bond motifs is 2. The maximum absolute atomic E-state index is 12.8. The average Bonchev–Trinajstić information content (AvgIpc) is 2.97. The maximum Gasteiger partial charge on any atom is 0.255 e. The van der Waals surface area contributed by atoms with Crippen LogP contribution >= 0.6 is 11.6 Å². The number of ether oxygens (including phenoxy) is 1. The van der Waals surface area contributed by atoms with Gasteiger partial charge in [0.1, 0.15) is 0 Å². The maximum atomic E-state index is 12.8. The third kappa shape index (κ3) is 1.66. The molecule has 2 unspecified atom stereocenters. The molecule has 106 valence electrons. The highest BCUT2D eigenvalue weighted by Crippen LogP contribution is 2.56. The summed E-state index contributed by atoms with van der Waals surface area (Å²) in [5.41, 5.74) is 0.953. The first-order valence-corrected chi connectivity index (χ1v) is 7.72. The molecule has 0 aromatic heterocycles. The highest BCUT2D eigenvalue weighted by molar-refractivity contribution is 6.33. The van der Waals surface area contributed by atoms with E-state index in [-0.39, 0.29) is 11.9 Å². The van der Waals surface area contributed by atoms with Crippen LogP contribution in [0, 0.1) is 11.3 Å². The Morgan fingerprint density at radius 1 is 1.30 bits per heavy atom. The number of carbonyl (C=O) groups excluding carboxylic acids is 1. The minimum absolute atomic E-state index is 0.0693. The smallest absolute Gasteiger partial charge is 0.255 e. The molecule has 0 bridgehead atoms. The summed E-state index contributed by atoms with van der Waals surface area (Å²) in [6.45, 7) is 2.38. The molecular weight excluding hydrogens is 274 g/mol. The van der Waals surface area contributed by atoms with Gasteiger partial charge in [-0.1, -0.05) is 30.2 Å². The molecule has 3 aliphatic rings. The lowest BCUT2D eigenvalue weighted by Gasteiger charge is -2.42. The van der Waals surface area contributed by atoms with Gasteiger partial charge in [0.25, 0.3) is 5.91 Å². The lowest BCUT2D eigenvalue weighted by molar-refractivity contribution is 0.0451. The van der Waals surface area contributed by atoms with E-state index in [0.29, 0.717) is 28.5 Å². The van der Waals surface area contributed by atoms with Crippen molar-refractivity contribution in [2.75, 3.05) is 19.8 Å². The SMILES string of the molecule is O=C(c1ccccc1Cl)N1CC2(CCC2)C2COCC21. The second kappa shape index (κ2) is 4.47. The summed E-state index contributed by atoms with van der Waals surface area (Å²) in [6, 6.07) is 7.59. The fourth-order valence-electron chi connectivity index (χ4n) is 4.18. The standard InChI is InChI=1S/C16H18ClNO2/c17-13-5-2-1-4-11(13)15(19)18-10-16(6-3-7-16)12-8-20-9-14(12)18/h1-2,4-5,12,14H,3,6-10H2. The number of hydrogen-bond donors (Lipinski definition) is 0. The third-order valence-electron chi connectivity index (χ3n) is 5.44. The molecule has 3 nitrogen and oxygen atoms in total. The zero-order chi connectivity index (χ0) is 13.7. The van der Waals surface area contributed by atoms with E-state index in [9.17, 15) is 4.79 Å². The van der Waals surface area contributed by atoms with Gasteiger partial charge in [-0.05, 0) is 30.4 Å². The van der Waals surface area contributed by atoms with Crippen molar-refractivity contribution in [3.8, 4) is 0 Å². The number of rotatable bonds is 1. The van der Waals surface area contributed by atoms with Crippen LogP contribution in [-0.2, 0) is 4.74 Å². The summed E-state index contributed by atoms with van der Waals surface area (Å²) in [4.78, 5) is 14.8.